The number of hydrazine groups is 1. The van der Waals surface area contributed by atoms with Crippen LogP contribution in [0.2, 0.25) is 0 Å². The zero-order valence-electron chi connectivity index (χ0n) is 11.8. The van der Waals surface area contributed by atoms with E-state index >= 15 is 0 Å². The number of benzene rings is 1. The van der Waals surface area contributed by atoms with Crippen LogP contribution in [0.3, 0.4) is 0 Å². The third kappa shape index (κ3) is 4.32. The normalized spacial score (nSPS) is 10.0. The van der Waals surface area contributed by atoms with E-state index in [0.29, 0.717) is 11.3 Å². The fourth-order valence-corrected chi connectivity index (χ4v) is 2.22. The van der Waals surface area contributed by atoms with Gasteiger partial charge in [-0.25, -0.2) is 0 Å². The van der Waals surface area contributed by atoms with Gasteiger partial charge in [-0.3, -0.25) is 20.4 Å². The average molecular weight is 304 g/mol. The minimum Gasteiger partial charge on any atom is -0.484 e. The molecule has 2 rings (SSSR count). The largest absolute Gasteiger partial charge is 0.484 e. The first-order valence-corrected chi connectivity index (χ1v) is 7.32. The molecule has 0 saturated heterocycles. The Morgan fingerprint density at radius 2 is 1.95 bits per heavy atom. The summed E-state index contributed by atoms with van der Waals surface area (Å²) in [7, 11) is 0. The van der Waals surface area contributed by atoms with Crippen molar-refractivity contribution in [1.29, 1.82) is 0 Å². The van der Waals surface area contributed by atoms with Crippen LogP contribution in [0.15, 0.2) is 35.0 Å². The lowest BCUT2D eigenvalue weighted by Crippen LogP contribution is -2.43. The third-order valence-corrected chi connectivity index (χ3v) is 3.63. The number of rotatable bonds is 4. The second-order valence-electron chi connectivity index (χ2n) is 4.55. The Bertz CT molecular complexity index is 638. The molecule has 0 radical (unpaired) electrons. The lowest BCUT2D eigenvalue weighted by Gasteiger charge is -2.09. The summed E-state index contributed by atoms with van der Waals surface area (Å²) >= 11 is 1.41. The number of thiophene rings is 1. The van der Waals surface area contributed by atoms with Gasteiger partial charge in [-0.2, -0.15) is 11.3 Å². The van der Waals surface area contributed by atoms with Crippen LogP contribution in [-0.2, 0) is 4.79 Å². The van der Waals surface area contributed by atoms with Crippen molar-refractivity contribution in [3.8, 4) is 5.75 Å². The molecule has 0 fully saturated rings. The maximum Gasteiger partial charge on any atom is 0.276 e. The molecule has 0 aliphatic heterocycles. The summed E-state index contributed by atoms with van der Waals surface area (Å²) in [5, 5.41) is 3.49. The van der Waals surface area contributed by atoms with Gasteiger partial charge in [0.05, 0.1) is 5.56 Å². The molecule has 1 aromatic carbocycles. The number of aryl methyl sites for hydroxylation is 2. The fraction of sp³-hybridized carbons (Fsp3) is 0.200. The first-order chi connectivity index (χ1) is 10.1. The highest BCUT2D eigenvalue weighted by Gasteiger charge is 2.08. The number of hydrogen-bond donors (Lipinski definition) is 2. The first-order valence-electron chi connectivity index (χ1n) is 6.37. The zero-order chi connectivity index (χ0) is 15.2. The summed E-state index contributed by atoms with van der Waals surface area (Å²) in [6.45, 7) is 3.82. The van der Waals surface area contributed by atoms with Gasteiger partial charge in [0.2, 0.25) is 0 Å². The Balaban J connectivity index is 1.77. The summed E-state index contributed by atoms with van der Waals surface area (Å²) < 4.78 is 5.37. The van der Waals surface area contributed by atoms with E-state index in [1.165, 1.54) is 11.3 Å². The van der Waals surface area contributed by atoms with Gasteiger partial charge in [-0.05, 0) is 48.6 Å². The van der Waals surface area contributed by atoms with E-state index in [1.54, 1.807) is 22.9 Å². The molecule has 2 aromatic rings. The van der Waals surface area contributed by atoms with Gasteiger partial charge in [0.25, 0.3) is 11.8 Å². The van der Waals surface area contributed by atoms with Crippen LogP contribution in [0, 0.1) is 13.8 Å². The summed E-state index contributed by atoms with van der Waals surface area (Å²) in [5.41, 5.74) is 7.41. The van der Waals surface area contributed by atoms with Crippen LogP contribution in [0.1, 0.15) is 21.5 Å². The topological polar surface area (TPSA) is 67.4 Å². The third-order valence-electron chi connectivity index (χ3n) is 2.95. The average Bonchev–Trinajstić information content (AvgIpc) is 3.00. The van der Waals surface area contributed by atoms with Gasteiger partial charge in [0.15, 0.2) is 6.61 Å². The molecule has 0 bridgehead atoms. The maximum atomic E-state index is 11.6. The van der Waals surface area contributed by atoms with Crippen molar-refractivity contribution in [2.45, 2.75) is 13.8 Å². The molecule has 0 aliphatic carbocycles. The maximum absolute atomic E-state index is 11.6. The Kier molecular flexibility index (Phi) is 4.94. The molecule has 0 aliphatic rings. The first kappa shape index (κ1) is 15.1. The van der Waals surface area contributed by atoms with Gasteiger partial charge in [0, 0.05) is 5.38 Å². The van der Waals surface area contributed by atoms with Crippen molar-refractivity contribution in [2.24, 2.45) is 0 Å². The highest BCUT2D eigenvalue weighted by molar-refractivity contribution is 7.08. The Morgan fingerprint density at radius 1 is 1.14 bits per heavy atom. The molecule has 6 heteroatoms. The van der Waals surface area contributed by atoms with Crippen LogP contribution < -0.4 is 15.6 Å². The number of amides is 2. The van der Waals surface area contributed by atoms with Crippen molar-refractivity contribution in [3.05, 3.63) is 51.7 Å². The monoisotopic (exact) mass is 304 g/mol. The number of ether oxygens (including phenoxy) is 1. The highest BCUT2D eigenvalue weighted by atomic mass is 32.1. The minimum absolute atomic E-state index is 0.160. The Hall–Kier alpha value is -2.34. The molecule has 0 unspecified atom stereocenters. The second kappa shape index (κ2) is 6.90. The lowest BCUT2D eigenvalue weighted by molar-refractivity contribution is -0.123. The van der Waals surface area contributed by atoms with E-state index < -0.39 is 5.91 Å². The Labute approximate surface area is 126 Å². The van der Waals surface area contributed by atoms with E-state index in [-0.39, 0.29) is 12.5 Å². The number of carbonyl (C=O) groups is 2. The number of nitrogens with one attached hydrogen (secondary N) is 2. The van der Waals surface area contributed by atoms with E-state index in [2.05, 4.69) is 10.9 Å². The summed E-state index contributed by atoms with van der Waals surface area (Å²) in [6, 6.07) is 7.28. The molecule has 5 nitrogen and oxygen atoms in total. The van der Waals surface area contributed by atoms with Gasteiger partial charge >= 0.3 is 0 Å². The van der Waals surface area contributed by atoms with Crippen molar-refractivity contribution in [3.63, 3.8) is 0 Å². The van der Waals surface area contributed by atoms with Crippen LogP contribution in [0.5, 0.6) is 5.75 Å². The van der Waals surface area contributed by atoms with E-state index in [0.717, 1.165) is 11.1 Å². The molecular weight excluding hydrogens is 288 g/mol. The standard InChI is InChI=1S/C15H16N2O3S/c1-10-3-4-13(7-11(10)2)20-8-14(18)16-17-15(19)12-5-6-21-9-12/h3-7,9H,8H2,1-2H3,(H,16,18)(H,17,19). The highest BCUT2D eigenvalue weighted by Crippen LogP contribution is 2.16. The predicted molar refractivity (Wildman–Crippen MR) is 81.3 cm³/mol. The van der Waals surface area contributed by atoms with Crippen molar-refractivity contribution in [2.75, 3.05) is 6.61 Å². The lowest BCUT2D eigenvalue weighted by atomic mass is 10.1. The van der Waals surface area contributed by atoms with E-state index in [1.807, 2.05) is 26.0 Å². The fourth-order valence-electron chi connectivity index (χ4n) is 1.58. The number of carbonyl (C=O) groups excluding carboxylic acids is 2. The van der Waals surface area contributed by atoms with Gasteiger partial charge in [0.1, 0.15) is 5.75 Å². The molecule has 0 atom stereocenters. The zero-order valence-corrected chi connectivity index (χ0v) is 12.6. The number of hydrogen-bond acceptors (Lipinski definition) is 4. The Morgan fingerprint density at radius 3 is 2.62 bits per heavy atom. The van der Waals surface area contributed by atoms with Crippen molar-refractivity contribution in [1.82, 2.24) is 10.9 Å². The van der Waals surface area contributed by atoms with Gasteiger partial charge in [-0.1, -0.05) is 6.07 Å². The molecule has 2 N–H and O–H groups in total. The van der Waals surface area contributed by atoms with E-state index in [4.69, 9.17) is 4.74 Å². The molecule has 2 amide bonds. The van der Waals surface area contributed by atoms with Crippen LogP contribution in [0.25, 0.3) is 0 Å². The molecule has 0 spiro atoms. The second-order valence-corrected chi connectivity index (χ2v) is 5.33. The molecule has 1 aromatic heterocycles. The summed E-state index contributed by atoms with van der Waals surface area (Å²) in [4.78, 5) is 23.2. The van der Waals surface area contributed by atoms with Crippen molar-refractivity contribution < 1.29 is 14.3 Å². The van der Waals surface area contributed by atoms with Crippen LogP contribution in [-0.4, -0.2) is 18.4 Å². The molecule has 0 saturated carbocycles. The van der Waals surface area contributed by atoms with Gasteiger partial charge < -0.3 is 4.74 Å². The summed E-state index contributed by atoms with van der Waals surface area (Å²) in [6.07, 6.45) is 0. The minimum atomic E-state index is -0.420. The molecule has 1 heterocycles. The SMILES string of the molecule is Cc1ccc(OCC(=O)NNC(=O)c2ccsc2)cc1C. The molecule has 21 heavy (non-hydrogen) atoms. The van der Waals surface area contributed by atoms with Crippen LogP contribution >= 0.6 is 11.3 Å². The summed E-state index contributed by atoms with van der Waals surface area (Å²) in [5.74, 6) is -0.148. The molecule has 110 valence electrons. The molecular formula is C15H16N2O3S. The van der Waals surface area contributed by atoms with Crippen LogP contribution in [0.4, 0.5) is 0 Å². The predicted octanol–water partition coefficient (Wildman–Crippen LogP) is 2.20. The van der Waals surface area contributed by atoms with E-state index in [9.17, 15) is 9.59 Å². The van der Waals surface area contributed by atoms with Crippen molar-refractivity contribution >= 4 is 23.2 Å². The van der Waals surface area contributed by atoms with Gasteiger partial charge in [-0.15, -0.1) is 0 Å². The quantitative estimate of drug-likeness (QED) is 0.851. The smallest absolute Gasteiger partial charge is 0.276 e.